The van der Waals surface area contributed by atoms with Crippen molar-refractivity contribution in [1.82, 2.24) is 15.1 Å². The van der Waals surface area contributed by atoms with Crippen LogP contribution < -0.4 is 5.32 Å². The Labute approximate surface area is 115 Å². The number of piperazine rings is 1. The van der Waals surface area contributed by atoms with Crippen LogP contribution in [0, 0.1) is 0 Å². The lowest BCUT2D eigenvalue weighted by molar-refractivity contribution is -0.135. The highest BCUT2D eigenvalue weighted by atomic mass is 79.9. The van der Waals surface area contributed by atoms with Crippen molar-refractivity contribution in [2.75, 3.05) is 33.7 Å². The summed E-state index contributed by atoms with van der Waals surface area (Å²) >= 11 is 3.45. The Morgan fingerprint density at radius 2 is 2.44 bits per heavy atom. The van der Waals surface area contributed by atoms with Gasteiger partial charge in [-0.25, -0.2) is 0 Å². The van der Waals surface area contributed by atoms with E-state index in [2.05, 4.69) is 26.1 Å². The standard InChI is InChI=1S/C12H18BrN3O2/c1-15(2)12(17)10-7-14-4-5-16(10)8-11-9(13)3-6-18-11/h3,6,10,14H,4-5,7-8H2,1-2H3. The number of nitrogens with zero attached hydrogens (tertiary/aromatic N) is 2. The zero-order valence-corrected chi connectivity index (χ0v) is 12.2. The van der Waals surface area contributed by atoms with Crippen molar-refractivity contribution in [3.8, 4) is 0 Å². The van der Waals surface area contributed by atoms with Gasteiger partial charge in [0, 0.05) is 33.7 Å². The maximum Gasteiger partial charge on any atom is 0.240 e. The maximum atomic E-state index is 12.1. The summed E-state index contributed by atoms with van der Waals surface area (Å²) in [5.74, 6) is 0.998. The molecule has 1 aliphatic heterocycles. The predicted octanol–water partition coefficient (Wildman–Crippen LogP) is 0.904. The Kier molecular flexibility index (Phi) is 4.42. The zero-order chi connectivity index (χ0) is 13.1. The van der Waals surface area contributed by atoms with Gasteiger partial charge in [0.15, 0.2) is 0 Å². The smallest absolute Gasteiger partial charge is 0.240 e. The molecule has 1 N–H and O–H groups in total. The van der Waals surface area contributed by atoms with Gasteiger partial charge in [-0.1, -0.05) is 0 Å². The second kappa shape index (κ2) is 5.86. The summed E-state index contributed by atoms with van der Waals surface area (Å²) in [7, 11) is 3.58. The van der Waals surface area contributed by atoms with E-state index < -0.39 is 0 Å². The van der Waals surface area contributed by atoms with Crippen LogP contribution in [0.25, 0.3) is 0 Å². The third kappa shape index (κ3) is 2.93. The highest BCUT2D eigenvalue weighted by Gasteiger charge is 2.30. The first kappa shape index (κ1) is 13.6. The van der Waals surface area contributed by atoms with E-state index in [1.807, 2.05) is 6.07 Å². The minimum atomic E-state index is -0.120. The molecule has 0 aromatic carbocycles. The third-order valence-electron chi connectivity index (χ3n) is 3.12. The van der Waals surface area contributed by atoms with Crippen molar-refractivity contribution >= 4 is 21.8 Å². The Morgan fingerprint density at radius 1 is 1.67 bits per heavy atom. The lowest BCUT2D eigenvalue weighted by Gasteiger charge is -2.35. The summed E-state index contributed by atoms with van der Waals surface area (Å²) in [6, 6.07) is 1.76. The monoisotopic (exact) mass is 315 g/mol. The van der Waals surface area contributed by atoms with Gasteiger partial charge in [0.2, 0.25) is 5.91 Å². The lowest BCUT2D eigenvalue weighted by Crippen LogP contribution is -2.57. The minimum Gasteiger partial charge on any atom is -0.467 e. The van der Waals surface area contributed by atoms with Crippen LogP contribution in [0.15, 0.2) is 21.2 Å². The van der Waals surface area contributed by atoms with E-state index in [9.17, 15) is 4.79 Å². The fourth-order valence-corrected chi connectivity index (χ4v) is 2.43. The van der Waals surface area contributed by atoms with Crippen molar-refractivity contribution < 1.29 is 9.21 Å². The van der Waals surface area contributed by atoms with Gasteiger partial charge >= 0.3 is 0 Å². The normalized spacial score (nSPS) is 20.9. The minimum absolute atomic E-state index is 0.120. The fraction of sp³-hybridized carbons (Fsp3) is 0.583. The van der Waals surface area contributed by atoms with Gasteiger partial charge in [0.1, 0.15) is 11.8 Å². The number of amides is 1. The summed E-state index contributed by atoms with van der Waals surface area (Å²) in [6.07, 6.45) is 1.66. The van der Waals surface area contributed by atoms with Crippen LogP contribution in [0.4, 0.5) is 0 Å². The second-order valence-corrected chi connectivity index (χ2v) is 5.47. The molecule has 0 bridgehead atoms. The van der Waals surface area contributed by atoms with Gasteiger partial charge in [0.05, 0.1) is 17.3 Å². The van der Waals surface area contributed by atoms with Crippen LogP contribution in [-0.4, -0.2) is 55.5 Å². The lowest BCUT2D eigenvalue weighted by atomic mass is 10.1. The maximum absolute atomic E-state index is 12.1. The van der Waals surface area contributed by atoms with Gasteiger partial charge < -0.3 is 14.6 Å². The molecule has 0 saturated carbocycles. The first-order valence-electron chi connectivity index (χ1n) is 5.97. The van der Waals surface area contributed by atoms with Crippen LogP contribution in [0.1, 0.15) is 5.76 Å². The largest absolute Gasteiger partial charge is 0.467 e. The number of carbonyl (C=O) groups is 1. The predicted molar refractivity (Wildman–Crippen MR) is 72.2 cm³/mol. The number of nitrogens with one attached hydrogen (secondary N) is 1. The van der Waals surface area contributed by atoms with Gasteiger partial charge in [-0.15, -0.1) is 0 Å². The van der Waals surface area contributed by atoms with Gasteiger partial charge in [0.25, 0.3) is 0 Å². The molecule has 100 valence electrons. The molecule has 0 aliphatic carbocycles. The number of hydrogen-bond acceptors (Lipinski definition) is 4. The first-order valence-corrected chi connectivity index (χ1v) is 6.76. The number of rotatable bonds is 3. The molecule has 1 saturated heterocycles. The molecule has 1 atom stereocenters. The van der Waals surface area contributed by atoms with E-state index in [1.54, 1.807) is 25.3 Å². The quantitative estimate of drug-likeness (QED) is 0.900. The average Bonchev–Trinajstić information content (AvgIpc) is 2.75. The number of likely N-dealkylation sites (N-methyl/N-ethyl adjacent to an activating group) is 1. The van der Waals surface area contributed by atoms with E-state index in [4.69, 9.17) is 4.42 Å². The van der Waals surface area contributed by atoms with Crippen LogP contribution in [0.2, 0.25) is 0 Å². The highest BCUT2D eigenvalue weighted by molar-refractivity contribution is 9.10. The number of halogens is 1. The number of furan rings is 1. The molecule has 1 fully saturated rings. The Morgan fingerprint density at radius 3 is 3.06 bits per heavy atom. The van der Waals surface area contributed by atoms with Crippen molar-refractivity contribution in [3.05, 3.63) is 22.6 Å². The van der Waals surface area contributed by atoms with Gasteiger partial charge in [-0.2, -0.15) is 0 Å². The van der Waals surface area contributed by atoms with Gasteiger partial charge in [-0.3, -0.25) is 9.69 Å². The first-order chi connectivity index (χ1) is 8.59. The van der Waals surface area contributed by atoms with Crippen LogP contribution in [0.3, 0.4) is 0 Å². The van der Waals surface area contributed by atoms with Crippen molar-refractivity contribution in [3.63, 3.8) is 0 Å². The molecular formula is C12H18BrN3O2. The Bertz CT molecular complexity index is 419. The fourth-order valence-electron chi connectivity index (χ4n) is 2.10. The molecule has 0 spiro atoms. The molecule has 1 aromatic rings. The molecule has 18 heavy (non-hydrogen) atoms. The van der Waals surface area contributed by atoms with E-state index in [0.717, 1.165) is 23.3 Å². The zero-order valence-electron chi connectivity index (χ0n) is 10.6. The Balaban J connectivity index is 2.09. The molecule has 1 unspecified atom stereocenters. The molecule has 6 heteroatoms. The average molecular weight is 316 g/mol. The van der Waals surface area contributed by atoms with Crippen molar-refractivity contribution in [2.45, 2.75) is 12.6 Å². The number of hydrogen-bond donors (Lipinski definition) is 1. The van der Waals surface area contributed by atoms with E-state index in [1.165, 1.54) is 0 Å². The molecule has 1 aliphatic rings. The van der Waals surface area contributed by atoms with E-state index >= 15 is 0 Å². The van der Waals surface area contributed by atoms with E-state index in [-0.39, 0.29) is 11.9 Å². The third-order valence-corrected chi connectivity index (χ3v) is 3.82. The molecule has 1 amide bonds. The molecule has 5 nitrogen and oxygen atoms in total. The molecule has 2 rings (SSSR count). The summed E-state index contributed by atoms with van der Waals surface area (Å²) in [5, 5.41) is 3.26. The van der Waals surface area contributed by atoms with Gasteiger partial charge in [-0.05, 0) is 22.0 Å². The summed E-state index contributed by atoms with van der Waals surface area (Å²) in [6.45, 7) is 3.09. The Hall–Kier alpha value is -0.850. The molecule has 1 aromatic heterocycles. The summed E-state index contributed by atoms with van der Waals surface area (Å²) < 4.78 is 6.38. The molecule has 2 heterocycles. The van der Waals surface area contributed by atoms with Crippen LogP contribution >= 0.6 is 15.9 Å². The number of carbonyl (C=O) groups excluding carboxylic acids is 1. The molecule has 0 radical (unpaired) electrons. The summed E-state index contributed by atoms with van der Waals surface area (Å²) in [5.41, 5.74) is 0. The topological polar surface area (TPSA) is 48.7 Å². The highest BCUT2D eigenvalue weighted by Crippen LogP contribution is 2.21. The second-order valence-electron chi connectivity index (χ2n) is 4.61. The van der Waals surface area contributed by atoms with Crippen LogP contribution in [0.5, 0.6) is 0 Å². The summed E-state index contributed by atoms with van der Waals surface area (Å²) in [4.78, 5) is 15.9. The van der Waals surface area contributed by atoms with Crippen molar-refractivity contribution in [2.24, 2.45) is 0 Å². The molecular weight excluding hydrogens is 298 g/mol. The van der Waals surface area contributed by atoms with Crippen molar-refractivity contribution in [1.29, 1.82) is 0 Å². The van der Waals surface area contributed by atoms with Crippen LogP contribution in [-0.2, 0) is 11.3 Å². The SMILES string of the molecule is CN(C)C(=O)C1CNCCN1Cc1occc1Br. The van der Waals surface area contributed by atoms with E-state index in [0.29, 0.717) is 13.1 Å².